The minimum Gasteiger partial charge on any atom is -0.384 e. The van der Waals surface area contributed by atoms with Crippen molar-refractivity contribution in [2.75, 3.05) is 32.7 Å². The van der Waals surface area contributed by atoms with Crippen LogP contribution in [0.1, 0.15) is 38.7 Å². The molecule has 1 saturated heterocycles. The van der Waals surface area contributed by atoms with Crippen LogP contribution in [0.3, 0.4) is 0 Å². The van der Waals surface area contributed by atoms with E-state index in [1.54, 1.807) is 6.92 Å². The number of hydrogen-bond acceptors (Lipinski definition) is 3. The van der Waals surface area contributed by atoms with Gasteiger partial charge in [0.05, 0.1) is 6.54 Å². The summed E-state index contributed by atoms with van der Waals surface area (Å²) in [6, 6.07) is 9.52. The number of rotatable bonds is 6. The first-order chi connectivity index (χ1) is 12.0. The highest BCUT2D eigenvalue weighted by atomic mass is 16.3. The summed E-state index contributed by atoms with van der Waals surface area (Å²) in [5, 5.41) is 16.9. The van der Waals surface area contributed by atoms with Gasteiger partial charge in [0.2, 0.25) is 5.91 Å². The number of aliphatic hydroxyl groups is 1. The number of benzene rings is 1. The molecule has 2 rings (SSSR count). The van der Waals surface area contributed by atoms with Crippen molar-refractivity contribution >= 4 is 11.9 Å². The highest BCUT2D eigenvalue weighted by Gasteiger charge is 2.23. The molecule has 1 aliphatic rings. The van der Waals surface area contributed by atoms with Crippen LogP contribution < -0.4 is 10.6 Å². The molecular formula is C19H30N4O2. The zero-order valence-corrected chi connectivity index (χ0v) is 15.3. The molecule has 0 aliphatic carbocycles. The van der Waals surface area contributed by atoms with E-state index in [-0.39, 0.29) is 12.5 Å². The number of nitrogens with one attached hydrogen (secondary N) is 2. The highest BCUT2D eigenvalue weighted by molar-refractivity contribution is 5.85. The molecule has 1 atom stereocenters. The van der Waals surface area contributed by atoms with E-state index >= 15 is 0 Å². The van der Waals surface area contributed by atoms with E-state index in [2.05, 4.69) is 15.6 Å². The molecule has 1 fully saturated rings. The Kier molecular flexibility index (Phi) is 7.25. The predicted octanol–water partition coefficient (Wildman–Crippen LogP) is 1.46. The first kappa shape index (κ1) is 19.2. The molecule has 0 aromatic heterocycles. The summed E-state index contributed by atoms with van der Waals surface area (Å²) in [4.78, 5) is 18.5. The van der Waals surface area contributed by atoms with Crippen molar-refractivity contribution in [1.82, 2.24) is 15.5 Å². The van der Waals surface area contributed by atoms with Crippen molar-refractivity contribution in [3.05, 3.63) is 35.9 Å². The second-order valence-electron chi connectivity index (χ2n) is 6.63. The zero-order chi connectivity index (χ0) is 18.1. The van der Waals surface area contributed by atoms with Gasteiger partial charge in [-0.05, 0) is 38.7 Å². The molecule has 1 amide bonds. The minimum atomic E-state index is -1.02. The number of carbonyl (C=O) groups is 1. The van der Waals surface area contributed by atoms with Crippen LogP contribution in [0, 0.1) is 0 Å². The Morgan fingerprint density at radius 3 is 2.52 bits per heavy atom. The van der Waals surface area contributed by atoms with Gasteiger partial charge >= 0.3 is 0 Å². The number of nitrogens with zero attached hydrogens (tertiary/aromatic N) is 2. The van der Waals surface area contributed by atoms with Gasteiger partial charge in [0.1, 0.15) is 12.1 Å². The average Bonchev–Trinajstić information content (AvgIpc) is 2.65. The number of carbonyl (C=O) groups excluding carboxylic acids is 1. The van der Waals surface area contributed by atoms with Crippen LogP contribution in [0.4, 0.5) is 0 Å². The first-order valence-corrected chi connectivity index (χ1v) is 9.11. The molecule has 0 spiro atoms. The maximum atomic E-state index is 12.2. The van der Waals surface area contributed by atoms with E-state index in [0.29, 0.717) is 19.0 Å². The molecule has 1 aliphatic heterocycles. The van der Waals surface area contributed by atoms with Gasteiger partial charge in [-0.3, -0.25) is 4.79 Å². The summed E-state index contributed by atoms with van der Waals surface area (Å²) < 4.78 is 0. The lowest BCUT2D eigenvalue weighted by atomic mass is 9.96. The summed E-state index contributed by atoms with van der Waals surface area (Å²) in [6.45, 7) is 6.53. The number of guanidine groups is 1. The van der Waals surface area contributed by atoms with Crippen molar-refractivity contribution in [3.8, 4) is 0 Å². The third kappa shape index (κ3) is 6.05. The molecule has 3 N–H and O–H groups in total. The van der Waals surface area contributed by atoms with E-state index in [1.807, 2.05) is 42.2 Å². The third-order valence-corrected chi connectivity index (χ3v) is 4.42. The summed E-state index contributed by atoms with van der Waals surface area (Å²) in [5.41, 5.74) is -0.184. The molecular weight excluding hydrogens is 316 g/mol. The van der Waals surface area contributed by atoms with Gasteiger partial charge < -0.3 is 20.6 Å². The fourth-order valence-electron chi connectivity index (χ4n) is 2.89. The van der Waals surface area contributed by atoms with Gasteiger partial charge in [-0.15, -0.1) is 0 Å². The Balaban J connectivity index is 1.91. The Morgan fingerprint density at radius 2 is 1.88 bits per heavy atom. The second-order valence-corrected chi connectivity index (χ2v) is 6.63. The van der Waals surface area contributed by atoms with Gasteiger partial charge in [0, 0.05) is 19.6 Å². The Bertz CT molecular complexity index is 566. The lowest BCUT2D eigenvalue weighted by Crippen LogP contribution is -2.45. The van der Waals surface area contributed by atoms with Crippen molar-refractivity contribution < 1.29 is 9.90 Å². The van der Waals surface area contributed by atoms with E-state index in [4.69, 9.17) is 0 Å². The molecule has 1 aromatic carbocycles. The van der Waals surface area contributed by atoms with Crippen LogP contribution in [-0.2, 0) is 10.4 Å². The van der Waals surface area contributed by atoms with Crippen molar-refractivity contribution in [2.24, 2.45) is 4.99 Å². The van der Waals surface area contributed by atoms with Gasteiger partial charge in [-0.2, -0.15) is 0 Å². The van der Waals surface area contributed by atoms with Gasteiger partial charge in [0.15, 0.2) is 5.96 Å². The number of hydrogen-bond donors (Lipinski definition) is 3. The van der Waals surface area contributed by atoms with Crippen LogP contribution >= 0.6 is 0 Å². The standard InChI is InChI=1S/C19H30N4O2/c1-3-20-18(21-14-17(24)23-12-8-5-9-13-23)22-15-19(2,25)16-10-6-4-7-11-16/h4,6-7,10-11,25H,3,5,8-9,12-15H2,1-2H3,(H2,20,21,22). The highest BCUT2D eigenvalue weighted by Crippen LogP contribution is 2.18. The monoisotopic (exact) mass is 346 g/mol. The normalized spacial score (nSPS) is 17.7. The molecule has 6 nitrogen and oxygen atoms in total. The van der Waals surface area contributed by atoms with E-state index in [0.717, 1.165) is 31.5 Å². The summed E-state index contributed by atoms with van der Waals surface area (Å²) >= 11 is 0. The van der Waals surface area contributed by atoms with E-state index < -0.39 is 5.60 Å². The van der Waals surface area contributed by atoms with Crippen LogP contribution in [-0.4, -0.2) is 54.6 Å². The van der Waals surface area contributed by atoms with Crippen molar-refractivity contribution in [1.29, 1.82) is 0 Å². The maximum absolute atomic E-state index is 12.2. The molecule has 138 valence electrons. The average molecular weight is 346 g/mol. The Hall–Kier alpha value is -2.08. The zero-order valence-electron chi connectivity index (χ0n) is 15.3. The number of aliphatic imine (C=N–C) groups is 1. The summed E-state index contributed by atoms with van der Waals surface area (Å²) in [5.74, 6) is 0.607. The minimum absolute atomic E-state index is 0.0618. The number of piperidine rings is 1. The predicted molar refractivity (Wildman–Crippen MR) is 100 cm³/mol. The molecule has 1 aromatic rings. The van der Waals surface area contributed by atoms with Gasteiger partial charge in [-0.1, -0.05) is 30.3 Å². The molecule has 1 unspecified atom stereocenters. The van der Waals surface area contributed by atoms with Crippen LogP contribution in [0.5, 0.6) is 0 Å². The quantitative estimate of drug-likeness (QED) is 0.538. The van der Waals surface area contributed by atoms with Gasteiger partial charge in [-0.25, -0.2) is 4.99 Å². The number of amides is 1. The molecule has 0 radical (unpaired) electrons. The maximum Gasteiger partial charge on any atom is 0.244 e. The molecule has 0 saturated carbocycles. The van der Waals surface area contributed by atoms with Crippen LogP contribution in [0.15, 0.2) is 35.3 Å². The SMILES string of the molecule is CCNC(=NCC(=O)N1CCCCC1)NCC(C)(O)c1ccccc1. The Labute approximate surface area is 150 Å². The smallest absolute Gasteiger partial charge is 0.244 e. The fourth-order valence-corrected chi connectivity index (χ4v) is 2.89. The molecule has 25 heavy (non-hydrogen) atoms. The fraction of sp³-hybridized carbons (Fsp3) is 0.579. The van der Waals surface area contributed by atoms with Gasteiger partial charge in [0.25, 0.3) is 0 Å². The van der Waals surface area contributed by atoms with Crippen molar-refractivity contribution in [3.63, 3.8) is 0 Å². The van der Waals surface area contributed by atoms with E-state index in [9.17, 15) is 9.90 Å². The topological polar surface area (TPSA) is 77.0 Å². The third-order valence-electron chi connectivity index (χ3n) is 4.42. The molecule has 6 heteroatoms. The van der Waals surface area contributed by atoms with Crippen molar-refractivity contribution in [2.45, 2.75) is 38.7 Å². The molecule has 1 heterocycles. The first-order valence-electron chi connectivity index (χ1n) is 9.11. The summed E-state index contributed by atoms with van der Waals surface area (Å²) in [7, 11) is 0. The lowest BCUT2D eigenvalue weighted by Gasteiger charge is -2.27. The second kappa shape index (κ2) is 9.42. The Morgan fingerprint density at radius 1 is 1.20 bits per heavy atom. The largest absolute Gasteiger partial charge is 0.384 e. The van der Waals surface area contributed by atoms with E-state index in [1.165, 1.54) is 6.42 Å². The van der Waals surface area contributed by atoms with Crippen LogP contribution in [0.25, 0.3) is 0 Å². The lowest BCUT2D eigenvalue weighted by molar-refractivity contribution is -0.130. The summed E-state index contributed by atoms with van der Waals surface area (Å²) in [6.07, 6.45) is 3.35. The number of likely N-dealkylation sites (tertiary alicyclic amines) is 1. The van der Waals surface area contributed by atoms with Crippen LogP contribution in [0.2, 0.25) is 0 Å². The molecule has 0 bridgehead atoms.